The minimum Gasteiger partial charge on any atom is -0.375 e. The fourth-order valence-electron chi connectivity index (χ4n) is 1.54. The van der Waals surface area contributed by atoms with Gasteiger partial charge in [0.2, 0.25) is 0 Å². The summed E-state index contributed by atoms with van der Waals surface area (Å²) in [6.45, 7) is 14.2. The van der Waals surface area contributed by atoms with E-state index in [4.69, 9.17) is 4.74 Å². The normalized spacial score (nSPS) is 16.6. The van der Waals surface area contributed by atoms with E-state index in [9.17, 15) is 0 Å². The lowest BCUT2D eigenvalue weighted by Crippen LogP contribution is -2.31. The first-order chi connectivity index (χ1) is 5.89. The van der Waals surface area contributed by atoms with E-state index in [2.05, 4.69) is 41.5 Å². The Morgan fingerprint density at radius 2 is 1.62 bits per heavy atom. The third kappa shape index (κ3) is 6.09. The Labute approximate surface area is 83.9 Å². The van der Waals surface area contributed by atoms with Gasteiger partial charge in [-0.15, -0.1) is 0 Å². The minimum atomic E-state index is 0.0957. The van der Waals surface area contributed by atoms with Crippen LogP contribution < -0.4 is 0 Å². The lowest BCUT2D eigenvalue weighted by atomic mass is 9.91. The van der Waals surface area contributed by atoms with Crippen molar-refractivity contribution in [2.45, 2.75) is 60.0 Å². The maximum atomic E-state index is 5.95. The molecule has 0 heterocycles. The SMILES string of the molecule is CCC(C)(CC(C)C)OCC(C)C. The lowest BCUT2D eigenvalue weighted by Gasteiger charge is -2.31. The van der Waals surface area contributed by atoms with E-state index in [1.54, 1.807) is 0 Å². The van der Waals surface area contributed by atoms with Crippen molar-refractivity contribution in [2.24, 2.45) is 11.8 Å². The first kappa shape index (κ1) is 13.0. The molecule has 0 aromatic heterocycles. The van der Waals surface area contributed by atoms with Gasteiger partial charge in [0, 0.05) is 6.61 Å². The predicted octanol–water partition coefficient (Wildman–Crippen LogP) is 3.87. The van der Waals surface area contributed by atoms with Gasteiger partial charge < -0.3 is 4.74 Å². The highest BCUT2D eigenvalue weighted by molar-refractivity contribution is 4.75. The van der Waals surface area contributed by atoms with Gasteiger partial charge in [0.1, 0.15) is 0 Å². The molecule has 0 saturated heterocycles. The Kier molecular flexibility index (Phi) is 5.62. The van der Waals surface area contributed by atoms with Crippen LogP contribution in [0.15, 0.2) is 0 Å². The first-order valence-corrected chi connectivity index (χ1v) is 5.53. The molecular formula is C12H26O. The van der Waals surface area contributed by atoms with Gasteiger partial charge in [-0.05, 0) is 31.6 Å². The van der Waals surface area contributed by atoms with E-state index >= 15 is 0 Å². The molecule has 0 radical (unpaired) electrons. The first-order valence-electron chi connectivity index (χ1n) is 5.53. The maximum Gasteiger partial charge on any atom is 0.0654 e. The smallest absolute Gasteiger partial charge is 0.0654 e. The summed E-state index contributed by atoms with van der Waals surface area (Å²) >= 11 is 0. The van der Waals surface area contributed by atoms with Crippen LogP contribution in [0.1, 0.15) is 54.4 Å². The Morgan fingerprint density at radius 1 is 1.08 bits per heavy atom. The van der Waals surface area contributed by atoms with Crippen molar-refractivity contribution in [3.63, 3.8) is 0 Å². The Hall–Kier alpha value is -0.0400. The molecule has 1 unspecified atom stereocenters. The van der Waals surface area contributed by atoms with Crippen molar-refractivity contribution < 1.29 is 4.74 Å². The Bertz CT molecular complexity index is 129. The standard InChI is InChI=1S/C12H26O/c1-7-12(6,8-10(2)3)13-9-11(4)5/h10-11H,7-9H2,1-6H3. The molecule has 80 valence electrons. The zero-order valence-electron chi connectivity index (χ0n) is 10.2. The molecule has 0 aromatic carbocycles. The Morgan fingerprint density at radius 3 is 1.92 bits per heavy atom. The highest BCUT2D eigenvalue weighted by Crippen LogP contribution is 2.24. The van der Waals surface area contributed by atoms with Crippen LogP contribution in [0.2, 0.25) is 0 Å². The molecule has 0 spiro atoms. The van der Waals surface area contributed by atoms with E-state index < -0.39 is 0 Å². The zero-order valence-corrected chi connectivity index (χ0v) is 10.2. The maximum absolute atomic E-state index is 5.95. The molecule has 0 aliphatic rings. The van der Waals surface area contributed by atoms with Crippen molar-refractivity contribution >= 4 is 0 Å². The van der Waals surface area contributed by atoms with Crippen LogP contribution in [-0.4, -0.2) is 12.2 Å². The zero-order chi connectivity index (χ0) is 10.5. The fraction of sp³-hybridized carbons (Fsp3) is 1.00. The highest BCUT2D eigenvalue weighted by Gasteiger charge is 2.24. The molecule has 0 aromatic rings. The van der Waals surface area contributed by atoms with Crippen molar-refractivity contribution in [3.05, 3.63) is 0 Å². The minimum absolute atomic E-state index is 0.0957. The molecule has 0 N–H and O–H groups in total. The van der Waals surface area contributed by atoms with Crippen LogP contribution in [0.5, 0.6) is 0 Å². The topological polar surface area (TPSA) is 9.23 Å². The number of rotatable bonds is 6. The van der Waals surface area contributed by atoms with Crippen LogP contribution in [0, 0.1) is 11.8 Å². The molecule has 0 saturated carbocycles. The second kappa shape index (κ2) is 5.64. The molecule has 0 aliphatic heterocycles. The largest absolute Gasteiger partial charge is 0.375 e. The third-order valence-corrected chi connectivity index (χ3v) is 2.35. The van der Waals surface area contributed by atoms with Crippen molar-refractivity contribution in [2.75, 3.05) is 6.61 Å². The summed E-state index contributed by atoms with van der Waals surface area (Å²) in [7, 11) is 0. The van der Waals surface area contributed by atoms with Gasteiger partial charge in [0.15, 0.2) is 0 Å². The summed E-state index contributed by atoms with van der Waals surface area (Å²) in [6.07, 6.45) is 2.27. The fourth-order valence-corrected chi connectivity index (χ4v) is 1.54. The van der Waals surface area contributed by atoms with Gasteiger partial charge in [-0.1, -0.05) is 34.6 Å². The Balaban J connectivity index is 3.96. The van der Waals surface area contributed by atoms with Crippen molar-refractivity contribution in [1.82, 2.24) is 0 Å². The van der Waals surface area contributed by atoms with E-state index in [1.165, 1.54) is 0 Å². The predicted molar refractivity (Wildman–Crippen MR) is 58.9 cm³/mol. The van der Waals surface area contributed by atoms with Gasteiger partial charge in [-0.25, -0.2) is 0 Å². The average molecular weight is 186 g/mol. The van der Waals surface area contributed by atoms with Gasteiger partial charge in [0.25, 0.3) is 0 Å². The van der Waals surface area contributed by atoms with E-state index in [-0.39, 0.29) is 5.60 Å². The highest BCUT2D eigenvalue weighted by atomic mass is 16.5. The summed E-state index contributed by atoms with van der Waals surface area (Å²) in [5, 5.41) is 0. The van der Waals surface area contributed by atoms with Gasteiger partial charge in [-0.3, -0.25) is 0 Å². The second-order valence-corrected chi connectivity index (χ2v) is 5.11. The van der Waals surface area contributed by atoms with Crippen LogP contribution in [0.3, 0.4) is 0 Å². The lowest BCUT2D eigenvalue weighted by molar-refractivity contribution is -0.0590. The monoisotopic (exact) mass is 186 g/mol. The summed E-state index contributed by atoms with van der Waals surface area (Å²) in [5.41, 5.74) is 0.0957. The van der Waals surface area contributed by atoms with Crippen molar-refractivity contribution in [3.8, 4) is 0 Å². The summed E-state index contributed by atoms with van der Waals surface area (Å²) in [5.74, 6) is 1.36. The molecule has 1 atom stereocenters. The van der Waals surface area contributed by atoms with E-state index in [1.807, 2.05) is 0 Å². The summed E-state index contributed by atoms with van der Waals surface area (Å²) in [4.78, 5) is 0. The average Bonchev–Trinajstić information content (AvgIpc) is 2.00. The van der Waals surface area contributed by atoms with E-state index in [0.29, 0.717) is 5.92 Å². The van der Waals surface area contributed by atoms with Crippen LogP contribution >= 0.6 is 0 Å². The molecule has 1 nitrogen and oxygen atoms in total. The molecule has 1 heteroatoms. The number of hydrogen-bond acceptors (Lipinski definition) is 1. The van der Waals surface area contributed by atoms with Gasteiger partial charge >= 0.3 is 0 Å². The number of hydrogen-bond donors (Lipinski definition) is 0. The van der Waals surface area contributed by atoms with Gasteiger partial charge in [-0.2, -0.15) is 0 Å². The molecule has 0 aliphatic carbocycles. The third-order valence-electron chi connectivity index (χ3n) is 2.35. The molecule has 0 bridgehead atoms. The number of ether oxygens (including phenoxy) is 1. The van der Waals surface area contributed by atoms with Crippen molar-refractivity contribution in [1.29, 1.82) is 0 Å². The molecule has 0 amide bonds. The second-order valence-electron chi connectivity index (χ2n) is 5.11. The molecule has 13 heavy (non-hydrogen) atoms. The van der Waals surface area contributed by atoms with Crippen LogP contribution in [0.4, 0.5) is 0 Å². The molecular weight excluding hydrogens is 160 g/mol. The summed E-state index contributed by atoms with van der Waals surface area (Å²) in [6, 6.07) is 0. The van der Waals surface area contributed by atoms with E-state index in [0.717, 1.165) is 25.4 Å². The molecule has 0 rings (SSSR count). The summed E-state index contributed by atoms with van der Waals surface area (Å²) < 4.78 is 5.95. The van der Waals surface area contributed by atoms with Crippen LogP contribution in [0.25, 0.3) is 0 Å². The van der Waals surface area contributed by atoms with Gasteiger partial charge in [0.05, 0.1) is 5.60 Å². The van der Waals surface area contributed by atoms with Crippen LogP contribution in [-0.2, 0) is 4.74 Å². The quantitative estimate of drug-likeness (QED) is 0.612. The molecule has 0 fully saturated rings.